The summed E-state index contributed by atoms with van der Waals surface area (Å²) in [5.74, 6) is 0.0792. The van der Waals surface area contributed by atoms with Crippen LogP contribution in [0, 0.1) is 0 Å². The molecule has 0 saturated carbocycles. The number of hydrogen-bond acceptors (Lipinski definition) is 6. The van der Waals surface area contributed by atoms with Gasteiger partial charge in [0.1, 0.15) is 12.4 Å². The maximum atomic E-state index is 11.3. The number of hydroxylamine groups is 3. The number of rotatable bonds is 11. The summed E-state index contributed by atoms with van der Waals surface area (Å²) in [7, 11) is 0. The molecule has 36 heavy (non-hydrogen) atoms. The number of amides is 1. The maximum Gasteiger partial charge on any atom is 0.272 e. The first-order chi connectivity index (χ1) is 17.5. The molecule has 1 atom stereocenters. The average molecular weight is 506 g/mol. The van der Waals surface area contributed by atoms with Crippen LogP contribution in [0.1, 0.15) is 42.6 Å². The molecule has 1 unspecified atom stereocenters. The lowest BCUT2D eigenvalue weighted by atomic mass is 9.99. The van der Waals surface area contributed by atoms with E-state index in [-0.39, 0.29) is 11.3 Å². The van der Waals surface area contributed by atoms with Crippen LogP contribution in [0.5, 0.6) is 5.75 Å². The van der Waals surface area contributed by atoms with Crippen molar-refractivity contribution in [1.82, 2.24) is 15.7 Å². The van der Waals surface area contributed by atoms with Crippen LogP contribution in [-0.2, 0) is 22.8 Å². The van der Waals surface area contributed by atoms with Gasteiger partial charge in [-0.15, -0.1) is 0 Å². The Bertz CT molecular complexity index is 1280. The third-order valence-corrected chi connectivity index (χ3v) is 6.00. The SMILES string of the molecule is CC(=O)N(O)ONC(CCCc1ccc(Cl)cc1)c1ccc(OCc2ccc3ccccc3n2)cc1. The highest BCUT2D eigenvalue weighted by atomic mass is 35.5. The van der Waals surface area contributed by atoms with Gasteiger partial charge in [-0.2, -0.15) is 10.4 Å². The molecule has 0 spiro atoms. The van der Waals surface area contributed by atoms with Crippen molar-refractivity contribution in [1.29, 1.82) is 0 Å². The van der Waals surface area contributed by atoms with Crippen LogP contribution in [0.25, 0.3) is 10.9 Å². The van der Waals surface area contributed by atoms with Crippen molar-refractivity contribution in [3.8, 4) is 5.75 Å². The summed E-state index contributed by atoms with van der Waals surface area (Å²) >= 11 is 5.97. The zero-order chi connectivity index (χ0) is 25.3. The van der Waals surface area contributed by atoms with Crippen LogP contribution < -0.4 is 10.2 Å². The van der Waals surface area contributed by atoms with E-state index >= 15 is 0 Å². The molecule has 2 N–H and O–H groups in total. The van der Waals surface area contributed by atoms with Crippen molar-refractivity contribution in [2.24, 2.45) is 0 Å². The Kier molecular flexibility index (Phi) is 8.86. The monoisotopic (exact) mass is 505 g/mol. The van der Waals surface area contributed by atoms with Gasteiger partial charge in [0.15, 0.2) is 0 Å². The zero-order valence-corrected chi connectivity index (χ0v) is 20.7. The standard InChI is InChI=1S/C28H28ClN3O4/c1-20(33)32(34)36-31-28(8-4-5-21-9-14-24(29)15-10-21)23-12-17-26(18-13-23)35-19-25-16-11-22-6-2-3-7-27(22)30-25/h2-3,6-7,9-18,28,31,34H,4-5,8,19H2,1H3. The number of fused-ring (bicyclic) bond motifs is 1. The number of benzene rings is 3. The van der Waals surface area contributed by atoms with Crippen LogP contribution in [0.3, 0.4) is 0 Å². The minimum atomic E-state index is -0.631. The number of ether oxygens (including phenoxy) is 1. The molecule has 4 rings (SSSR count). The zero-order valence-electron chi connectivity index (χ0n) is 19.9. The number of pyridine rings is 1. The third kappa shape index (κ3) is 7.26. The van der Waals surface area contributed by atoms with E-state index in [1.54, 1.807) is 0 Å². The van der Waals surface area contributed by atoms with Crippen molar-refractivity contribution in [2.45, 2.75) is 38.8 Å². The van der Waals surface area contributed by atoms with Gasteiger partial charge in [-0.05, 0) is 66.8 Å². The van der Waals surface area contributed by atoms with Gasteiger partial charge in [0.25, 0.3) is 5.91 Å². The second kappa shape index (κ2) is 12.5. The molecule has 0 aliphatic carbocycles. The molecular formula is C28H28ClN3O4. The molecule has 186 valence electrons. The fraction of sp³-hybridized carbons (Fsp3) is 0.214. The highest BCUT2D eigenvalue weighted by Gasteiger charge is 2.15. The Morgan fingerprint density at radius 1 is 1.03 bits per heavy atom. The van der Waals surface area contributed by atoms with Crippen molar-refractivity contribution in [2.75, 3.05) is 0 Å². The number of halogens is 1. The van der Waals surface area contributed by atoms with E-state index in [2.05, 4.69) is 10.5 Å². The van der Waals surface area contributed by atoms with Gasteiger partial charge in [0.2, 0.25) is 0 Å². The number of hydrogen-bond donors (Lipinski definition) is 2. The van der Waals surface area contributed by atoms with Gasteiger partial charge in [0.05, 0.1) is 17.3 Å². The van der Waals surface area contributed by atoms with Gasteiger partial charge in [-0.3, -0.25) is 10.0 Å². The lowest BCUT2D eigenvalue weighted by molar-refractivity contribution is -0.347. The number of nitrogens with one attached hydrogen (secondary N) is 1. The Morgan fingerprint density at radius 3 is 2.53 bits per heavy atom. The number of aryl methyl sites for hydroxylation is 1. The third-order valence-electron chi connectivity index (χ3n) is 5.75. The molecule has 0 bridgehead atoms. The molecule has 0 radical (unpaired) electrons. The smallest absolute Gasteiger partial charge is 0.272 e. The molecule has 0 aliphatic rings. The predicted molar refractivity (Wildman–Crippen MR) is 138 cm³/mol. The summed E-state index contributed by atoms with van der Waals surface area (Å²) in [6.07, 6.45) is 2.40. The van der Waals surface area contributed by atoms with E-state index in [0.29, 0.717) is 23.8 Å². The normalized spacial score (nSPS) is 11.9. The fourth-order valence-corrected chi connectivity index (χ4v) is 3.90. The summed E-state index contributed by atoms with van der Waals surface area (Å²) in [6.45, 7) is 1.56. The van der Waals surface area contributed by atoms with Crippen molar-refractivity contribution in [3.05, 3.63) is 107 Å². The van der Waals surface area contributed by atoms with Crippen LogP contribution in [0.15, 0.2) is 84.9 Å². The first-order valence-corrected chi connectivity index (χ1v) is 12.1. The molecule has 1 heterocycles. The highest BCUT2D eigenvalue weighted by Crippen LogP contribution is 2.24. The van der Waals surface area contributed by atoms with Gasteiger partial charge >= 0.3 is 0 Å². The van der Waals surface area contributed by atoms with E-state index in [4.69, 9.17) is 21.3 Å². The quantitative estimate of drug-likeness (QED) is 0.186. The molecule has 7 nitrogen and oxygen atoms in total. The molecule has 8 heteroatoms. The Balaban J connectivity index is 1.37. The lowest BCUT2D eigenvalue weighted by Gasteiger charge is -2.21. The molecule has 4 aromatic rings. The van der Waals surface area contributed by atoms with E-state index < -0.39 is 5.91 Å². The van der Waals surface area contributed by atoms with Crippen LogP contribution in [0.4, 0.5) is 0 Å². The second-order valence-corrected chi connectivity index (χ2v) is 8.86. The summed E-state index contributed by atoms with van der Waals surface area (Å²) in [6, 6.07) is 27.1. The molecular weight excluding hydrogens is 478 g/mol. The summed E-state index contributed by atoms with van der Waals surface area (Å²) in [5.41, 5.74) is 6.68. The van der Waals surface area contributed by atoms with Gasteiger partial charge in [-0.1, -0.05) is 65.4 Å². The maximum absolute atomic E-state index is 11.3. The van der Waals surface area contributed by atoms with Gasteiger partial charge in [0, 0.05) is 17.3 Å². The summed E-state index contributed by atoms with van der Waals surface area (Å²) in [5, 5.41) is 11.6. The Labute approximate surface area is 215 Å². The van der Waals surface area contributed by atoms with Crippen molar-refractivity contribution < 1.29 is 19.7 Å². The minimum absolute atomic E-state index is 0.181. The van der Waals surface area contributed by atoms with E-state index in [0.717, 1.165) is 35.0 Å². The van der Waals surface area contributed by atoms with E-state index in [1.807, 2.05) is 84.9 Å². The van der Waals surface area contributed by atoms with Gasteiger partial charge in [-0.25, -0.2) is 4.98 Å². The number of aromatic nitrogens is 1. The lowest BCUT2D eigenvalue weighted by Crippen LogP contribution is -2.34. The number of carbonyl (C=O) groups excluding carboxylic acids is 1. The van der Waals surface area contributed by atoms with Crippen LogP contribution in [0.2, 0.25) is 5.02 Å². The average Bonchev–Trinajstić information content (AvgIpc) is 2.90. The van der Waals surface area contributed by atoms with Crippen molar-refractivity contribution in [3.63, 3.8) is 0 Å². The van der Waals surface area contributed by atoms with Gasteiger partial charge < -0.3 is 4.74 Å². The topological polar surface area (TPSA) is 83.9 Å². The molecule has 1 aromatic heterocycles. The van der Waals surface area contributed by atoms with E-state index in [1.165, 1.54) is 12.5 Å². The fourth-order valence-electron chi connectivity index (χ4n) is 3.78. The van der Waals surface area contributed by atoms with Crippen molar-refractivity contribution >= 4 is 28.4 Å². The molecule has 0 fully saturated rings. The highest BCUT2D eigenvalue weighted by molar-refractivity contribution is 6.30. The number of carbonyl (C=O) groups is 1. The predicted octanol–water partition coefficient (Wildman–Crippen LogP) is 6.21. The second-order valence-electron chi connectivity index (χ2n) is 8.43. The Morgan fingerprint density at radius 2 is 1.78 bits per heavy atom. The first kappa shape index (κ1) is 25.6. The molecule has 3 aromatic carbocycles. The molecule has 0 saturated heterocycles. The van der Waals surface area contributed by atoms with E-state index in [9.17, 15) is 10.0 Å². The van der Waals surface area contributed by atoms with Crippen LogP contribution in [-0.4, -0.2) is 21.3 Å². The largest absolute Gasteiger partial charge is 0.487 e. The summed E-state index contributed by atoms with van der Waals surface area (Å²) < 4.78 is 5.94. The molecule has 0 aliphatic heterocycles. The number of nitrogens with zero attached hydrogens (tertiary/aromatic N) is 2. The number of para-hydroxylation sites is 1. The first-order valence-electron chi connectivity index (χ1n) is 11.7. The Hall–Kier alpha value is -3.49. The molecule has 1 amide bonds. The minimum Gasteiger partial charge on any atom is -0.487 e. The summed E-state index contributed by atoms with van der Waals surface area (Å²) in [4.78, 5) is 21.0. The van der Waals surface area contributed by atoms with Crippen LogP contribution >= 0.6 is 11.6 Å².